The van der Waals surface area contributed by atoms with Gasteiger partial charge in [-0.3, -0.25) is 15.2 Å². The van der Waals surface area contributed by atoms with Gasteiger partial charge in [-0.15, -0.1) is 0 Å². The average molecular weight is 431 g/mol. The maximum absolute atomic E-state index is 12.2. The number of hydrogen-bond donors (Lipinski definition) is 4. The minimum absolute atomic E-state index is 0.0638. The summed E-state index contributed by atoms with van der Waals surface area (Å²) < 4.78 is 4.97. The van der Waals surface area contributed by atoms with Gasteiger partial charge in [-0.1, -0.05) is 18.2 Å². The predicted octanol–water partition coefficient (Wildman–Crippen LogP) is 3.24. The summed E-state index contributed by atoms with van der Waals surface area (Å²) >= 11 is 0. The van der Waals surface area contributed by atoms with E-state index in [-0.39, 0.29) is 23.8 Å². The molecule has 2 amide bonds. The first-order valence-corrected chi connectivity index (χ1v) is 9.84. The number of nitrogens with two attached hydrogens (primary N) is 2. The molecule has 162 valence electrons. The van der Waals surface area contributed by atoms with Gasteiger partial charge in [0.1, 0.15) is 0 Å². The van der Waals surface area contributed by atoms with E-state index in [4.69, 9.17) is 16.2 Å². The number of fused-ring (bicyclic) bond motifs is 1. The summed E-state index contributed by atoms with van der Waals surface area (Å²) in [6, 6.07) is 10.7. The van der Waals surface area contributed by atoms with E-state index in [1.165, 1.54) is 0 Å². The Balaban J connectivity index is 1.96. The number of nitrogens with zero attached hydrogens (tertiary/aromatic N) is 3. The summed E-state index contributed by atoms with van der Waals surface area (Å²) in [6.45, 7) is 3.83. The van der Waals surface area contributed by atoms with Crippen molar-refractivity contribution in [2.75, 3.05) is 17.7 Å². The lowest BCUT2D eigenvalue weighted by atomic mass is 9.99. The molecule has 6 N–H and O–H groups in total. The number of carbonyl (C=O) groups excluding carboxylic acids is 2. The zero-order chi connectivity index (χ0) is 22.8. The number of H-pyrrole nitrogens is 1. The first kappa shape index (κ1) is 20.8. The topological polar surface area (TPSA) is 162 Å². The van der Waals surface area contributed by atoms with Crippen LogP contribution in [0.15, 0.2) is 42.6 Å². The Kier molecular flexibility index (Phi) is 5.42. The highest BCUT2D eigenvalue weighted by atomic mass is 16.5. The second-order valence-electron chi connectivity index (χ2n) is 7.00. The van der Waals surface area contributed by atoms with Crippen LogP contribution in [0.5, 0.6) is 0 Å². The molecular formula is C22H21N7O3. The van der Waals surface area contributed by atoms with Crippen LogP contribution in [0.4, 0.5) is 16.2 Å². The molecule has 10 heteroatoms. The summed E-state index contributed by atoms with van der Waals surface area (Å²) in [4.78, 5) is 33.2. The molecule has 4 rings (SSSR count). The molecule has 10 nitrogen and oxygen atoms in total. The van der Waals surface area contributed by atoms with Crippen LogP contribution in [0.3, 0.4) is 0 Å². The van der Waals surface area contributed by atoms with Crippen LogP contribution in [-0.4, -0.2) is 38.8 Å². The molecule has 0 saturated carbocycles. The Hall–Kier alpha value is -4.47. The molecule has 0 atom stereocenters. The molecular weight excluding hydrogens is 410 g/mol. The quantitative estimate of drug-likeness (QED) is 0.377. The third-order valence-electron chi connectivity index (χ3n) is 4.93. The molecule has 0 spiro atoms. The van der Waals surface area contributed by atoms with Gasteiger partial charge in [0.2, 0.25) is 0 Å². The lowest BCUT2D eigenvalue weighted by Gasteiger charge is -2.15. The fourth-order valence-corrected chi connectivity index (χ4v) is 3.47. The number of ether oxygens (including phenoxy) is 1. The number of aromatic amines is 1. The second kappa shape index (κ2) is 8.34. The Bertz CT molecular complexity index is 1350. The normalized spacial score (nSPS) is 10.8. The molecule has 0 fully saturated rings. The summed E-state index contributed by atoms with van der Waals surface area (Å²) in [5.74, 6) is -0.615. The maximum atomic E-state index is 12.2. The molecule has 32 heavy (non-hydrogen) atoms. The highest BCUT2D eigenvalue weighted by Crippen LogP contribution is 2.36. The van der Waals surface area contributed by atoms with Gasteiger partial charge in [0.05, 0.1) is 35.4 Å². The molecule has 0 saturated heterocycles. The van der Waals surface area contributed by atoms with Gasteiger partial charge in [-0.25, -0.2) is 14.8 Å². The zero-order valence-electron chi connectivity index (χ0n) is 17.5. The van der Waals surface area contributed by atoms with E-state index in [0.29, 0.717) is 22.5 Å². The van der Waals surface area contributed by atoms with Crippen LogP contribution < -0.4 is 16.8 Å². The molecule has 0 aliphatic carbocycles. The van der Waals surface area contributed by atoms with Gasteiger partial charge in [-0.2, -0.15) is 5.10 Å². The molecule has 2 aromatic heterocycles. The number of aryl methyl sites for hydroxylation is 1. The minimum atomic E-state index is -0.791. The Morgan fingerprint density at radius 1 is 1.16 bits per heavy atom. The smallest absolute Gasteiger partial charge is 0.411 e. The average Bonchev–Trinajstić information content (AvgIpc) is 3.23. The minimum Gasteiger partial charge on any atom is -0.450 e. The number of hydrogen-bond acceptors (Lipinski definition) is 7. The van der Waals surface area contributed by atoms with Gasteiger partial charge in [-0.05, 0) is 37.6 Å². The Morgan fingerprint density at radius 3 is 2.69 bits per heavy atom. The van der Waals surface area contributed by atoms with Crippen molar-refractivity contribution in [1.29, 1.82) is 0 Å². The SMILES string of the molecule is CCOC(=O)Nc1ccccc1-c1nc(C(N)=O)c(N)c(-c2c(C)ccc3[nH]ncc23)n1. The molecule has 0 unspecified atom stereocenters. The van der Waals surface area contributed by atoms with Crippen LogP contribution in [-0.2, 0) is 4.74 Å². The molecule has 0 bridgehead atoms. The highest BCUT2D eigenvalue weighted by Gasteiger charge is 2.22. The van der Waals surface area contributed by atoms with Crippen molar-refractivity contribution in [2.24, 2.45) is 5.73 Å². The zero-order valence-corrected chi connectivity index (χ0v) is 17.5. The fraction of sp³-hybridized carbons (Fsp3) is 0.136. The van der Waals surface area contributed by atoms with E-state index in [0.717, 1.165) is 16.5 Å². The lowest BCUT2D eigenvalue weighted by Crippen LogP contribution is -2.18. The van der Waals surface area contributed by atoms with Crippen LogP contribution in [0.25, 0.3) is 33.5 Å². The van der Waals surface area contributed by atoms with Crippen LogP contribution in [0.2, 0.25) is 0 Å². The number of primary amides is 1. The van der Waals surface area contributed by atoms with Crippen molar-refractivity contribution in [3.63, 3.8) is 0 Å². The van der Waals surface area contributed by atoms with Crippen molar-refractivity contribution < 1.29 is 14.3 Å². The standard InChI is InChI=1S/C22H21N7O3/c1-3-32-22(31)26-14-7-5-4-6-12(14)21-27-18(17(23)19(28-21)20(24)30)16-11(2)8-9-15-13(16)10-25-29-15/h4-10H,3,23H2,1-2H3,(H2,24,30)(H,25,29)(H,26,31). The van der Waals surface area contributed by atoms with Crippen molar-refractivity contribution in [3.05, 3.63) is 53.9 Å². The number of anilines is 2. The number of para-hydroxylation sites is 1. The van der Waals surface area contributed by atoms with Crippen molar-refractivity contribution in [2.45, 2.75) is 13.8 Å². The van der Waals surface area contributed by atoms with Crippen LogP contribution in [0, 0.1) is 6.92 Å². The van der Waals surface area contributed by atoms with Gasteiger partial charge < -0.3 is 16.2 Å². The van der Waals surface area contributed by atoms with Crippen LogP contribution >= 0.6 is 0 Å². The Labute approximate surface area is 183 Å². The second-order valence-corrected chi connectivity index (χ2v) is 7.00. The van der Waals surface area contributed by atoms with E-state index in [9.17, 15) is 9.59 Å². The first-order chi connectivity index (χ1) is 15.4. The van der Waals surface area contributed by atoms with E-state index >= 15 is 0 Å². The third-order valence-corrected chi connectivity index (χ3v) is 4.93. The number of aromatic nitrogens is 4. The van der Waals surface area contributed by atoms with Crippen molar-refractivity contribution in [1.82, 2.24) is 20.2 Å². The molecule has 0 aliphatic heterocycles. The van der Waals surface area contributed by atoms with Gasteiger partial charge in [0, 0.05) is 16.5 Å². The predicted molar refractivity (Wildman–Crippen MR) is 121 cm³/mol. The largest absolute Gasteiger partial charge is 0.450 e. The lowest BCUT2D eigenvalue weighted by molar-refractivity contribution is 0.0996. The third kappa shape index (κ3) is 3.69. The number of carbonyl (C=O) groups is 2. The molecule has 2 aromatic carbocycles. The summed E-state index contributed by atoms with van der Waals surface area (Å²) in [7, 11) is 0. The highest BCUT2D eigenvalue weighted by molar-refractivity contribution is 6.04. The molecule has 0 radical (unpaired) electrons. The van der Waals surface area contributed by atoms with E-state index < -0.39 is 12.0 Å². The summed E-state index contributed by atoms with van der Waals surface area (Å²) in [5.41, 5.74) is 15.4. The van der Waals surface area contributed by atoms with Gasteiger partial charge in [0.15, 0.2) is 11.5 Å². The van der Waals surface area contributed by atoms with Gasteiger partial charge in [0.25, 0.3) is 5.91 Å². The molecule has 0 aliphatic rings. The molecule has 4 aromatic rings. The van der Waals surface area contributed by atoms with E-state index in [2.05, 4.69) is 25.5 Å². The first-order valence-electron chi connectivity index (χ1n) is 9.84. The fourth-order valence-electron chi connectivity index (χ4n) is 3.47. The van der Waals surface area contributed by atoms with Gasteiger partial charge >= 0.3 is 6.09 Å². The number of nitrogen functional groups attached to an aromatic ring is 1. The van der Waals surface area contributed by atoms with Crippen LogP contribution in [0.1, 0.15) is 23.0 Å². The number of benzene rings is 2. The Morgan fingerprint density at radius 2 is 1.94 bits per heavy atom. The summed E-state index contributed by atoms with van der Waals surface area (Å²) in [5, 5.41) is 10.5. The monoisotopic (exact) mass is 431 g/mol. The molecule has 2 heterocycles. The number of rotatable bonds is 5. The maximum Gasteiger partial charge on any atom is 0.411 e. The summed E-state index contributed by atoms with van der Waals surface area (Å²) in [6.07, 6.45) is 1.05. The van der Waals surface area contributed by atoms with Crippen molar-refractivity contribution >= 4 is 34.3 Å². The van der Waals surface area contributed by atoms with E-state index in [1.807, 2.05) is 19.1 Å². The van der Waals surface area contributed by atoms with Crippen molar-refractivity contribution in [3.8, 4) is 22.6 Å². The number of amides is 2. The van der Waals surface area contributed by atoms with E-state index in [1.54, 1.807) is 37.4 Å². The number of nitrogens with one attached hydrogen (secondary N) is 2.